The van der Waals surface area contributed by atoms with Crippen molar-refractivity contribution in [3.63, 3.8) is 0 Å². The second-order valence-electron chi connectivity index (χ2n) is 5.75. The molecular formula is C18H24N2. The molecule has 20 heavy (non-hydrogen) atoms. The fourth-order valence-corrected chi connectivity index (χ4v) is 2.55. The quantitative estimate of drug-likeness (QED) is 0.818. The van der Waals surface area contributed by atoms with E-state index in [9.17, 15) is 0 Å². The molecule has 0 bridgehead atoms. The molecule has 0 amide bonds. The maximum Gasteiger partial charge on any atom is 0.0688 e. The van der Waals surface area contributed by atoms with E-state index in [0.717, 1.165) is 17.8 Å². The fourth-order valence-electron chi connectivity index (χ4n) is 2.55. The zero-order chi connectivity index (χ0) is 14.7. The number of nitrogens with zero attached hydrogens (tertiary/aromatic N) is 1. The molecule has 2 N–H and O–H groups in total. The minimum Gasteiger partial charge on any atom is -0.319 e. The van der Waals surface area contributed by atoms with Crippen molar-refractivity contribution >= 4 is 11.4 Å². The van der Waals surface area contributed by atoms with E-state index in [2.05, 4.69) is 57.2 Å². The van der Waals surface area contributed by atoms with Crippen LogP contribution in [0.3, 0.4) is 0 Å². The lowest BCUT2D eigenvalue weighted by Gasteiger charge is -2.19. The summed E-state index contributed by atoms with van der Waals surface area (Å²) in [7, 11) is 0. The summed E-state index contributed by atoms with van der Waals surface area (Å²) < 4.78 is 0. The van der Waals surface area contributed by atoms with E-state index in [-0.39, 0.29) is 6.04 Å². The molecule has 1 aliphatic rings. The fraction of sp³-hybridized carbons (Fsp3) is 0.389. The van der Waals surface area contributed by atoms with Gasteiger partial charge in [0.2, 0.25) is 0 Å². The Kier molecular flexibility index (Phi) is 4.56. The summed E-state index contributed by atoms with van der Waals surface area (Å²) >= 11 is 0. The average molecular weight is 268 g/mol. The van der Waals surface area contributed by atoms with Gasteiger partial charge in [0, 0.05) is 5.71 Å². The summed E-state index contributed by atoms with van der Waals surface area (Å²) in [5.74, 6) is 0.564. The number of hydrogen-bond acceptors (Lipinski definition) is 2. The van der Waals surface area contributed by atoms with Crippen LogP contribution in [-0.2, 0) is 0 Å². The largest absolute Gasteiger partial charge is 0.319 e. The lowest BCUT2D eigenvalue weighted by Crippen LogP contribution is -2.31. The van der Waals surface area contributed by atoms with Gasteiger partial charge in [0.25, 0.3) is 0 Å². The lowest BCUT2D eigenvalue weighted by atomic mass is 9.92. The number of hydrogen-bond donors (Lipinski definition) is 1. The minimum atomic E-state index is -0.118. The van der Waals surface area contributed by atoms with E-state index in [1.54, 1.807) is 0 Å². The Labute approximate surface area is 122 Å². The molecule has 2 heteroatoms. The number of rotatable bonds is 3. The molecule has 0 fully saturated rings. The van der Waals surface area contributed by atoms with Gasteiger partial charge in [-0.3, -0.25) is 4.99 Å². The number of para-hydroxylation sites is 1. The molecule has 2 nitrogen and oxygen atoms in total. The van der Waals surface area contributed by atoms with Crippen LogP contribution < -0.4 is 5.73 Å². The van der Waals surface area contributed by atoms with E-state index in [1.807, 2.05) is 6.92 Å². The maximum atomic E-state index is 6.35. The van der Waals surface area contributed by atoms with Gasteiger partial charge in [0.05, 0.1) is 11.7 Å². The molecular weight excluding hydrogens is 244 g/mol. The topological polar surface area (TPSA) is 38.4 Å². The Morgan fingerprint density at radius 3 is 2.55 bits per heavy atom. The van der Waals surface area contributed by atoms with Crippen molar-refractivity contribution in [2.45, 2.75) is 40.2 Å². The third kappa shape index (κ3) is 3.26. The number of allylic oxidation sites excluding steroid dienone is 2. The monoisotopic (exact) mass is 268 g/mol. The summed E-state index contributed by atoms with van der Waals surface area (Å²) in [5.41, 5.74) is 11.9. The molecule has 0 aromatic heterocycles. The molecule has 2 rings (SSSR count). The number of aliphatic imine (C=N–C) groups is 1. The molecule has 106 valence electrons. The molecule has 2 unspecified atom stereocenters. The molecule has 1 aliphatic carbocycles. The van der Waals surface area contributed by atoms with Crippen LogP contribution in [0.4, 0.5) is 5.69 Å². The standard InChI is InChI=1S/C18H24N2/c1-12-7-5-10-16(11-12)17(19)15(4)20-18-13(2)8-6-9-14(18)3/h5-6,8-12,17H,7,19H2,1-4H3. The zero-order valence-corrected chi connectivity index (χ0v) is 12.9. The Balaban J connectivity index is 2.29. The van der Waals surface area contributed by atoms with Crippen LogP contribution in [0.1, 0.15) is 31.4 Å². The molecule has 0 saturated heterocycles. The van der Waals surface area contributed by atoms with Crippen LogP contribution >= 0.6 is 0 Å². The molecule has 1 aromatic rings. The van der Waals surface area contributed by atoms with Gasteiger partial charge < -0.3 is 5.73 Å². The molecule has 0 spiro atoms. The lowest BCUT2D eigenvalue weighted by molar-refractivity contribution is 0.721. The second kappa shape index (κ2) is 6.19. The van der Waals surface area contributed by atoms with Gasteiger partial charge in [-0.05, 0) is 49.8 Å². The predicted molar refractivity (Wildman–Crippen MR) is 87.7 cm³/mol. The first-order valence-corrected chi connectivity index (χ1v) is 7.24. The Bertz CT molecular complexity index is 559. The summed E-state index contributed by atoms with van der Waals surface area (Å²) in [6, 6.07) is 6.12. The SMILES string of the molecule is CC(=Nc1c(C)cccc1C)C(N)C1=CC(C)CC=C1. The molecule has 0 heterocycles. The summed E-state index contributed by atoms with van der Waals surface area (Å²) in [6.07, 6.45) is 7.69. The van der Waals surface area contributed by atoms with Gasteiger partial charge in [-0.15, -0.1) is 0 Å². The van der Waals surface area contributed by atoms with Crippen LogP contribution in [0.15, 0.2) is 47.0 Å². The van der Waals surface area contributed by atoms with Gasteiger partial charge in [-0.2, -0.15) is 0 Å². The first-order chi connectivity index (χ1) is 9.49. The molecule has 0 aliphatic heterocycles. The molecule has 0 saturated carbocycles. The number of benzene rings is 1. The predicted octanol–water partition coefficient (Wildman–Crippen LogP) is 4.25. The van der Waals surface area contributed by atoms with Gasteiger partial charge in [0.15, 0.2) is 0 Å². The minimum absolute atomic E-state index is 0.118. The van der Waals surface area contributed by atoms with Crippen molar-refractivity contribution < 1.29 is 0 Å². The van der Waals surface area contributed by atoms with Crippen LogP contribution in [-0.4, -0.2) is 11.8 Å². The third-order valence-corrected chi connectivity index (χ3v) is 3.83. The Hall–Kier alpha value is -1.67. The highest BCUT2D eigenvalue weighted by molar-refractivity contribution is 5.93. The van der Waals surface area contributed by atoms with Crippen LogP contribution in [0.2, 0.25) is 0 Å². The first kappa shape index (κ1) is 14.7. The van der Waals surface area contributed by atoms with Gasteiger partial charge in [-0.25, -0.2) is 0 Å². The van der Waals surface area contributed by atoms with E-state index in [1.165, 1.54) is 16.7 Å². The Morgan fingerprint density at radius 2 is 1.95 bits per heavy atom. The van der Waals surface area contributed by atoms with E-state index >= 15 is 0 Å². The van der Waals surface area contributed by atoms with E-state index < -0.39 is 0 Å². The highest BCUT2D eigenvalue weighted by Crippen LogP contribution is 2.25. The van der Waals surface area contributed by atoms with E-state index in [0.29, 0.717) is 5.92 Å². The van der Waals surface area contributed by atoms with Crippen molar-refractivity contribution in [3.05, 3.63) is 53.1 Å². The molecule has 0 radical (unpaired) electrons. The maximum absolute atomic E-state index is 6.35. The van der Waals surface area contributed by atoms with Crippen molar-refractivity contribution in [2.75, 3.05) is 0 Å². The zero-order valence-electron chi connectivity index (χ0n) is 12.9. The van der Waals surface area contributed by atoms with Gasteiger partial charge in [0.1, 0.15) is 0 Å². The van der Waals surface area contributed by atoms with Gasteiger partial charge in [-0.1, -0.05) is 43.4 Å². The van der Waals surface area contributed by atoms with Crippen LogP contribution in [0.5, 0.6) is 0 Å². The average Bonchev–Trinajstić information content (AvgIpc) is 2.42. The Morgan fingerprint density at radius 1 is 1.30 bits per heavy atom. The van der Waals surface area contributed by atoms with Crippen molar-refractivity contribution in [2.24, 2.45) is 16.6 Å². The van der Waals surface area contributed by atoms with Crippen LogP contribution in [0, 0.1) is 19.8 Å². The van der Waals surface area contributed by atoms with Gasteiger partial charge >= 0.3 is 0 Å². The highest BCUT2D eigenvalue weighted by Gasteiger charge is 2.14. The smallest absolute Gasteiger partial charge is 0.0688 e. The first-order valence-electron chi connectivity index (χ1n) is 7.24. The summed E-state index contributed by atoms with van der Waals surface area (Å²) in [6.45, 7) is 8.41. The third-order valence-electron chi connectivity index (χ3n) is 3.83. The van der Waals surface area contributed by atoms with Crippen molar-refractivity contribution in [3.8, 4) is 0 Å². The van der Waals surface area contributed by atoms with Crippen molar-refractivity contribution in [1.82, 2.24) is 0 Å². The number of nitrogens with two attached hydrogens (primary N) is 1. The number of aryl methyl sites for hydroxylation is 2. The van der Waals surface area contributed by atoms with Crippen LogP contribution in [0.25, 0.3) is 0 Å². The second-order valence-corrected chi connectivity index (χ2v) is 5.75. The summed E-state index contributed by atoms with van der Waals surface area (Å²) in [4.78, 5) is 4.78. The normalized spacial score (nSPS) is 20.8. The van der Waals surface area contributed by atoms with E-state index in [4.69, 9.17) is 10.7 Å². The summed E-state index contributed by atoms with van der Waals surface area (Å²) in [5, 5.41) is 0. The highest BCUT2D eigenvalue weighted by atomic mass is 14.8. The molecule has 2 atom stereocenters. The molecule has 1 aromatic carbocycles. The van der Waals surface area contributed by atoms with Crippen molar-refractivity contribution in [1.29, 1.82) is 0 Å².